The minimum absolute atomic E-state index is 0.00903. The molecule has 0 spiro atoms. The van der Waals surface area contributed by atoms with E-state index in [1.165, 1.54) is 12.3 Å². The Morgan fingerprint density at radius 2 is 2.04 bits per heavy atom. The van der Waals surface area contributed by atoms with E-state index in [2.05, 4.69) is 10.3 Å². The highest BCUT2D eigenvalue weighted by molar-refractivity contribution is 6.33. The fourth-order valence-electron chi connectivity index (χ4n) is 2.52. The van der Waals surface area contributed by atoms with Gasteiger partial charge in [0.05, 0.1) is 23.9 Å². The highest BCUT2D eigenvalue weighted by atomic mass is 35.5. The molecule has 2 N–H and O–H groups in total. The SMILES string of the molecule is Cc1c(C(=O)NCc2occc2C(=O)O)c(Cl)nc2ccccc12. The molecule has 0 aliphatic heterocycles. The lowest BCUT2D eigenvalue weighted by Gasteiger charge is -2.11. The molecule has 0 saturated heterocycles. The van der Waals surface area contributed by atoms with E-state index >= 15 is 0 Å². The smallest absolute Gasteiger partial charge is 0.339 e. The van der Waals surface area contributed by atoms with Gasteiger partial charge in [0.15, 0.2) is 0 Å². The van der Waals surface area contributed by atoms with E-state index in [0.717, 1.165) is 5.39 Å². The maximum Gasteiger partial charge on any atom is 0.339 e. The summed E-state index contributed by atoms with van der Waals surface area (Å²) >= 11 is 6.16. The van der Waals surface area contributed by atoms with Crippen LogP contribution in [0.4, 0.5) is 0 Å². The third-order valence-electron chi connectivity index (χ3n) is 3.72. The Morgan fingerprint density at radius 3 is 2.79 bits per heavy atom. The number of hydrogen-bond donors (Lipinski definition) is 2. The summed E-state index contributed by atoms with van der Waals surface area (Å²) < 4.78 is 5.10. The van der Waals surface area contributed by atoms with E-state index in [4.69, 9.17) is 21.1 Å². The summed E-state index contributed by atoms with van der Waals surface area (Å²) in [5.74, 6) is -1.39. The van der Waals surface area contributed by atoms with Crippen molar-refractivity contribution in [2.75, 3.05) is 0 Å². The van der Waals surface area contributed by atoms with E-state index in [0.29, 0.717) is 11.1 Å². The minimum atomic E-state index is -1.12. The highest BCUT2D eigenvalue weighted by Crippen LogP contribution is 2.25. The molecule has 3 aromatic rings. The molecule has 1 aromatic carbocycles. The number of fused-ring (bicyclic) bond motifs is 1. The predicted octanol–water partition coefficient (Wildman–Crippen LogP) is 3.42. The van der Waals surface area contributed by atoms with Gasteiger partial charge in [-0.05, 0) is 24.6 Å². The summed E-state index contributed by atoms with van der Waals surface area (Å²) in [7, 11) is 0. The zero-order chi connectivity index (χ0) is 17.3. The van der Waals surface area contributed by atoms with Gasteiger partial charge in [0, 0.05) is 5.39 Å². The van der Waals surface area contributed by atoms with Crippen LogP contribution in [0.1, 0.15) is 32.0 Å². The van der Waals surface area contributed by atoms with Crippen molar-refractivity contribution in [2.45, 2.75) is 13.5 Å². The molecule has 0 fully saturated rings. The van der Waals surface area contributed by atoms with Crippen molar-refractivity contribution in [3.8, 4) is 0 Å². The number of carbonyl (C=O) groups excluding carboxylic acids is 1. The number of aryl methyl sites for hydroxylation is 1. The molecule has 2 heterocycles. The van der Waals surface area contributed by atoms with Gasteiger partial charge in [0.1, 0.15) is 16.5 Å². The Balaban J connectivity index is 1.89. The van der Waals surface area contributed by atoms with Crippen LogP contribution >= 0.6 is 11.6 Å². The van der Waals surface area contributed by atoms with Crippen LogP contribution in [0.5, 0.6) is 0 Å². The zero-order valence-corrected chi connectivity index (χ0v) is 13.4. The third-order valence-corrected chi connectivity index (χ3v) is 3.99. The first-order valence-electron chi connectivity index (χ1n) is 7.11. The Hall–Kier alpha value is -2.86. The normalized spacial score (nSPS) is 10.8. The largest absolute Gasteiger partial charge is 0.478 e. The average Bonchev–Trinajstić information content (AvgIpc) is 3.01. The van der Waals surface area contributed by atoms with E-state index in [1.807, 2.05) is 24.3 Å². The van der Waals surface area contributed by atoms with Gasteiger partial charge in [-0.1, -0.05) is 29.8 Å². The third kappa shape index (κ3) is 2.83. The van der Waals surface area contributed by atoms with Gasteiger partial charge in [0.25, 0.3) is 5.91 Å². The standard InChI is InChI=1S/C17H13ClN2O4/c1-9-10-4-2-3-5-12(10)20-15(18)14(9)16(21)19-8-13-11(17(22)23)6-7-24-13/h2-7H,8H2,1H3,(H,19,21)(H,22,23). The van der Waals surface area contributed by atoms with Crippen LogP contribution in [0.25, 0.3) is 10.9 Å². The number of benzene rings is 1. The fraction of sp³-hybridized carbons (Fsp3) is 0.118. The molecule has 0 bridgehead atoms. The van der Waals surface area contributed by atoms with Gasteiger partial charge in [-0.25, -0.2) is 9.78 Å². The van der Waals surface area contributed by atoms with Crippen molar-refractivity contribution >= 4 is 34.4 Å². The van der Waals surface area contributed by atoms with Gasteiger partial charge < -0.3 is 14.8 Å². The number of amides is 1. The molecule has 1 amide bonds. The van der Waals surface area contributed by atoms with Crippen molar-refractivity contribution in [1.82, 2.24) is 10.3 Å². The lowest BCUT2D eigenvalue weighted by Crippen LogP contribution is -2.25. The maximum atomic E-state index is 12.5. The van der Waals surface area contributed by atoms with Crippen molar-refractivity contribution in [2.24, 2.45) is 0 Å². The number of hydrogen-bond acceptors (Lipinski definition) is 4. The average molecular weight is 345 g/mol. The van der Waals surface area contributed by atoms with Crippen LogP contribution in [0.2, 0.25) is 5.15 Å². The van der Waals surface area contributed by atoms with Crippen molar-refractivity contribution in [3.05, 3.63) is 64.2 Å². The second-order valence-corrected chi connectivity index (χ2v) is 5.52. The number of aromatic carboxylic acids is 1. The molecule has 7 heteroatoms. The summed E-state index contributed by atoms with van der Waals surface area (Å²) in [4.78, 5) is 27.8. The van der Waals surface area contributed by atoms with Crippen molar-refractivity contribution in [1.29, 1.82) is 0 Å². The zero-order valence-electron chi connectivity index (χ0n) is 12.7. The van der Waals surface area contributed by atoms with Crippen molar-refractivity contribution in [3.63, 3.8) is 0 Å². The fourth-order valence-corrected chi connectivity index (χ4v) is 2.84. The first-order chi connectivity index (χ1) is 11.5. The number of carboxylic acid groups (broad SMARTS) is 1. The minimum Gasteiger partial charge on any atom is -0.478 e. The number of halogens is 1. The monoisotopic (exact) mass is 344 g/mol. The number of nitrogens with zero attached hydrogens (tertiary/aromatic N) is 1. The van der Waals surface area contributed by atoms with Crippen LogP contribution in [0, 0.1) is 6.92 Å². The second-order valence-electron chi connectivity index (χ2n) is 5.17. The Kier molecular flexibility index (Phi) is 4.22. The summed E-state index contributed by atoms with van der Waals surface area (Å²) in [5.41, 5.74) is 1.69. The van der Waals surface area contributed by atoms with E-state index < -0.39 is 11.9 Å². The Bertz CT molecular complexity index is 949. The summed E-state index contributed by atoms with van der Waals surface area (Å²) in [6.45, 7) is 1.73. The van der Waals surface area contributed by atoms with E-state index in [-0.39, 0.29) is 28.6 Å². The lowest BCUT2D eigenvalue weighted by atomic mass is 10.0. The van der Waals surface area contributed by atoms with Gasteiger partial charge in [-0.2, -0.15) is 0 Å². The first kappa shape index (κ1) is 16.0. The number of aromatic nitrogens is 1. The lowest BCUT2D eigenvalue weighted by molar-refractivity contribution is 0.0692. The quantitative estimate of drug-likeness (QED) is 0.707. The van der Waals surface area contributed by atoms with Crippen LogP contribution in [0.15, 0.2) is 41.0 Å². The maximum absolute atomic E-state index is 12.5. The van der Waals surface area contributed by atoms with Gasteiger partial charge >= 0.3 is 5.97 Å². The molecule has 2 aromatic heterocycles. The molecule has 24 heavy (non-hydrogen) atoms. The summed E-state index contributed by atoms with van der Waals surface area (Å²) in [5, 5.41) is 12.6. The number of carbonyl (C=O) groups is 2. The van der Waals surface area contributed by atoms with Gasteiger partial charge in [-0.3, -0.25) is 4.79 Å². The molecule has 0 saturated carbocycles. The second kappa shape index (κ2) is 6.33. The van der Waals surface area contributed by atoms with E-state index in [1.54, 1.807) is 6.92 Å². The highest BCUT2D eigenvalue weighted by Gasteiger charge is 2.19. The van der Waals surface area contributed by atoms with Crippen molar-refractivity contribution < 1.29 is 19.1 Å². The number of nitrogens with one attached hydrogen (secondary N) is 1. The number of pyridine rings is 1. The van der Waals surface area contributed by atoms with Gasteiger partial charge in [0.2, 0.25) is 0 Å². The molecule has 0 radical (unpaired) electrons. The van der Waals surface area contributed by atoms with Crippen LogP contribution in [0.3, 0.4) is 0 Å². The summed E-state index contributed by atoms with van der Waals surface area (Å²) in [6, 6.07) is 8.71. The molecule has 0 unspecified atom stereocenters. The first-order valence-corrected chi connectivity index (χ1v) is 7.49. The number of carboxylic acids is 1. The Labute approximate surface area is 142 Å². The van der Waals surface area contributed by atoms with Crippen LogP contribution in [-0.4, -0.2) is 22.0 Å². The number of para-hydroxylation sites is 1. The molecule has 122 valence electrons. The topological polar surface area (TPSA) is 92.4 Å². The molecule has 6 nitrogen and oxygen atoms in total. The van der Waals surface area contributed by atoms with Gasteiger partial charge in [-0.15, -0.1) is 0 Å². The predicted molar refractivity (Wildman–Crippen MR) is 88.3 cm³/mol. The molecule has 0 atom stereocenters. The van der Waals surface area contributed by atoms with Crippen LogP contribution in [-0.2, 0) is 6.54 Å². The number of furan rings is 1. The molecular weight excluding hydrogens is 332 g/mol. The molecule has 0 aliphatic rings. The number of rotatable bonds is 4. The van der Waals surface area contributed by atoms with E-state index in [9.17, 15) is 9.59 Å². The van der Waals surface area contributed by atoms with Crippen LogP contribution < -0.4 is 5.32 Å². The summed E-state index contributed by atoms with van der Waals surface area (Å²) in [6.07, 6.45) is 1.26. The molecule has 0 aliphatic carbocycles. The molecular formula is C17H13ClN2O4. The molecule has 3 rings (SSSR count). The Morgan fingerprint density at radius 1 is 1.29 bits per heavy atom.